The third-order valence-electron chi connectivity index (χ3n) is 2.78. The van der Waals surface area contributed by atoms with E-state index in [1.807, 2.05) is 36.0 Å². The van der Waals surface area contributed by atoms with E-state index < -0.39 is 6.10 Å². The maximum atomic E-state index is 10.2. The minimum absolute atomic E-state index is 0.510. The normalized spacial score (nSPS) is 12.7. The lowest BCUT2D eigenvalue weighted by Crippen LogP contribution is -2.02. The number of aliphatic hydroxyl groups excluding tert-OH is 1. The Bertz CT molecular complexity index is 542. The van der Waals surface area contributed by atoms with E-state index >= 15 is 0 Å². The Morgan fingerprint density at radius 1 is 1.50 bits per heavy atom. The quantitative estimate of drug-likeness (QED) is 0.931. The third-order valence-corrected chi connectivity index (χ3v) is 4.09. The van der Waals surface area contributed by atoms with Crippen LogP contribution in [0.3, 0.4) is 0 Å². The Hall–Kier alpha value is -0.840. The van der Waals surface area contributed by atoms with Gasteiger partial charge in [-0.1, -0.05) is 23.7 Å². The lowest BCUT2D eigenvalue weighted by atomic mass is 10.0. The standard InChI is InChI=1S/C13H14BrClN2O/c1-2-17-8-9(7-16-17)6-12(18)10-4-3-5-11(14)13(10)15/h3-5,7-8,12,18H,2,6H2,1H3. The van der Waals surface area contributed by atoms with E-state index in [0.29, 0.717) is 11.4 Å². The van der Waals surface area contributed by atoms with Crippen molar-refractivity contribution in [1.82, 2.24) is 9.78 Å². The van der Waals surface area contributed by atoms with Crippen LogP contribution in [0.2, 0.25) is 5.02 Å². The average Bonchev–Trinajstić information content (AvgIpc) is 2.80. The summed E-state index contributed by atoms with van der Waals surface area (Å²) in [7, 11) is 0. The molecule has 1 atom stereocenters. The van der Waals surface area contributed by atoms with Crippen molar-refractivity contribution in [2.45, 2.75) is 26.0 Å². The number of nitrogens with zero attached hydrogens (tertiary/aromatic N) is 2. The highest BCUT2D eigenvalue weighted by Gasteiger charge is 2.14. The van der Waals surface area contributed by atoms with Crippen LogP contribution in [-0.4, -0.2) is 14.9 Å². The maximum Gasteiger partial charge on any atom is 0.0846 e. The van der Waals surface area contributed by atoms with E-state index in [1.165, 1.54) is 0 Å². The van der Waals surface area contributed by atoms with E-state index in [9.17, 15) is 5.11 Å². The molecular weight excluding hydrogens is 316 g/mol. The summed E-state index contributed by atoms with van der Waals surface area (Å²) in [6.07, 6.45) is 3.61. The first-order chi connectivity index (χ1) is 8.61. The second-order valence-electron chi connectivity index (χ2n) is 4.07. The van der Waals surface area contributed by atoms with Gasteiger partial charge in [0, 0.05) is 29.2 Å². The highest BCUT2D eigenvalue weighted by atomic mass is 79.9. The Kier molecular flexibility index (Phi) is 4.43. The molecule has 0 saturated carbocycles. The maximum absolute atomic E-state index is 10.2. The van der Waals surface area contributed by atoms with Gasteiger partial charge in [0.1, 0.15) is 0 Å². The summed E-state index contributed by atoms with van der Waals surface area (Å²) >= 11 is 9.51. The zero-order chi connectivity index (χ0) is 13.1. The van der Waals surface area contributed by atoms with E-state index in [-0.39, 0.29) is 0 Å². The summed E-state index contributed by atoms with van der Waals surface area (Å²) < 4.78 is 2.63. The second-order valence-corrected chi connectivity index (χ2v) is 5.30. The molecule has 96 valence electrons. The number of aliphatic hydroxyl groups is 1. The fourth-order valence-corrected chi connectivity index (χ4v) is 2.43. The molecule has 0 spiro atoms. The Balaban J connectivity index is 2.16. The smallest absolute Gasteiger partial charge is 0.0846 e. The molecule has 0 radical (unpaired) electrons. The van der Waals surface area contributed by atoms with Crippen LogP contribution >= 0.6 is 27.5 Å². The van der Waals surface area contributed by atoms with E-state index in [1.54, 1.807) is 6.20 Å². The Labute approximate surface area is 120 Å². The third kappa shape index (κ3) is 2.94. The summed E-state index contributed by atoms with van der Waals surface area (Å²) in [5, 5.41) is 15.0. The first-order valence-electron chi connectivity index (χ1n) is 5.75. The molecule has 0 saturated heterocycles. The summed E-state index contributed by atoms with van der Waals surface area (Å²) in [6, 6.07) is 5.56. The molecule has 3 nitrogen and oxygen atoms in total. The minimum Gasteiger partial charge on any atom is -0.388 e. The molecule has 1 aromatic heterocycles. The van der Waals surface area contributed by atoms with Gasteiger partial charge in [-0.15, -0.1) is 0 Å². The summed E-state index contributed by atoms with van der Waals surface area (Å²) in [5.74, 6) is 0. The van der Waals surface area contributed by atoms with Crippen molar-refractivity contribution >= 4 is 27.5 Å². The molecule has 1 heterocycles. The topological polar surface area (TPSA) is 38.0 Å². The summed E-state index contributed by atoms with van der Waals surface area (Å²) in [6.45, 7) is 2.85. The van der Waals surface area contributed by atoms with Crippen LogP contribution in [0.15, 0.2) is 35.1 Å². The van der Waals surface area contributed by atoms with Crippen LogP contribution in [0.25, 0.3) is 0 Å². The number of rotatable bonds is 4. The van der Waals surface area contributed by atoms with Crippen LogP contribution in [0.1, 0.15) is 24.2 Å². The predicted octanol–water partition coefficient (Wildman–Crippen LogP) is 3.60. The highest BCUT2D eigenvalue weighted by Crippen LogP contribution is 2.31. The van der Waals surface area contributed by atoms with Crippen molar-refractivity contribution in [3.63, 3.8) is 0 Å². The van der Waals surface area contributed by atoms with Crippen LogP contribution in [0.4, 0.5) is 0 Å². The second kappa shape index (κ2) is 5.87. The van der Waals surface area contributed by atoms with Gasteiger partial charge in [0.15, 0.2) is 0 Å². The first kappa shape index (κ1) is 13.6. The molecule has 0 aliphatic rings. The fourth-order valence-electron chi connectivity index (χ4n) is 1.80. The average molecular weight is 330 g/mol. The van der Waals surface area contributed by atoms with Crippen molar-refractivity contribution in [2.75, 3.05) is 0 Å². The van der Waals surface area contributed by atoms with Gasteiger partial charge < -0.3 is 5.11 Å². The molecule has 0 amide bonds. The van der Waals surface area contributed by atoms with Gasteiger partial charge >= 0.3 is 0 Å². The molecule has 1 N–H and O–H groups in total. The number of halogens is 2. The molecule has 5 heteroatoms. The number of aromatic nitrogens is 2. The Morgan fingerprint density at radius 2 is 2.28 bits per heavy atom. The van der Waals surface area contributed by atoms with E-state index in [4.69, 9.17) is 11.6 Å². The van der Waals surface area contributed by atoms with Crippen molar-refractivity contribution in [1.29, 1.82) is 0 Å². The van der Waals surface area contributed by atoms with Crippen molar-refractivity contribution < 1.29 is 5.11 Å². The van der Waals surface area contributed by atoms with Gasteiger partial charge in [-0.3, -0.25) is 4.68 Å². The van der Waals surface area contributed by atoms with Gasteiger partial charge in [0.2, 0.25) is 0 Å². The van der Waals surface area contributed by atoms with Crippen LogP contribution in [0.5, 0.6) is 0 Å². The van der Waals surface area contributed by atoms with Crippen LogP contribution in [-0.2, 0) is 13.0 Å². The molecule has 0 aliphatic heterocycles. The molecule has 2 rings (SSSR count). The van der Waals surface area contributed by atoms with Gasteiger partial charge in [-0.05, 0) is 34.5 Å². The predicted molar refractivity (Wildman–Crippen MR) is 75.7 cm³/mol. The molecular formula is C13H14BrClN2O. The molecule has 0 fully saturated rings. The molecule has 0 aliphatic carbocycles. The first-order valence-corrected chi connectivity index (χ1v) is 6.92. The summed E-state index contributed by atoms with van der Waals surface area (Å²) in [4.78, 5) is 0. The monoisotopic (exact) mass is 328 g/mol. The Morgan fingerprint density at radius 3 is 2.94 bits per heavy atom. The van der Waals surface area contributed by atoms with Gasteiger partial charge in [0.05, 0.1) is 17.3 Å². The van der Waals surface area contributed by atoms with Crippen molar-refractivity contribution in [3.8, 4) is 0 Å². The van der Waals surface area contributed by atoms with Gasteiger partial charge in [-0.25, -0.2) is 0 Å². The number of hydrogen-bond acceptors (Lipinski definition) is 2. The number of aryl methyl sites for hydroxylation is 1. The lowest BCUT2D eigenvalue weighted by Gasteiger charge is -2.12. The van der Waals surface area contributed by atoms with Crippen LogP contribution < -0.4 is 0 Å². The zero-order valence-electron chi connectivity index (χ0n) is 9.98. The minimum atomic E-state index is -0.621. The molecule has 0 bridgehead atoms. The SMILES string of the molecule is CCn1cc(CC(O)c2cccc(Br)c2Cl)cn1. The molecule has 2 aromatic rings. The zero-order valence-corrected chi connectivity index (χ0v) is 12.3. The largest absolute Gasteiger partial charge is 0.388 e. The summed E-state index contributed by atoms with van der Waals surface area (Å²) in [5.41, 5.74) is 1.73. The molecule has 1 aromatic carbocycles. The lowest BCUT2D eigenvalue weighted by molar-refractivity contribution is 0.178. The number of benzene rings is 1. The molecule has 1 unspecified atom stereocenters. The van der Waals surface area contributed by atoms with Crippen LogP contribution in [0, 0.1) is 0 Å². The molecule has 18 heavy (non-hydrogen) atoms. The van der Waals surface area contributed by atoms with Crippen molar-refractivity contribution in [3.05, 3.63) is 51.2 Å². The van der Waals surface area contributed by atoms with Gasteiger partial charge in [0.25, 0.3) is 0 Å². The van der Waals surface area contributed by atoms with Gasteiger partial charge in [-0.2, -0.15) is 5.10 Å². The number of hydrogen-bond donors (Lipinski definition) is 1. The fraction of sp³-hybridized carbons (Fsp3) is 0.308. The van der Waals surface area contributed by atoms with E-state index in [0.717, 1.165) is 22.1 Å². The van der Waals surface area contributed by atoms with E-state index in [2.05, 4.69) is 21.0 Å². The van der Waals surface area contributed by atoms with Crippen molar-refractivity contribution in [2.24, 2.45) is 0 Å². The highest BCUT2D eigenvalue weighted by molar-refractivity contribution is 9.10.